The Morgan fingerprint density at radius 1 is 1.33 bits per heavy atom. The molecule has 0 spiro atoms. The van der Waals surface area contributed by atoms with Gasteiger partial charge in [0.1, 0.15) is 11.9 Å². The van der Waals surface area contributed by atoms with Crippen molar-refractivity contribution < 1.29 is 4.74 Å². The van der Waals surface area contributed by atoms with E-state index in [9.17, 15) is 0 Å². The Morgan fingerprint density at radius 3 is 3.00 bits per heavy atom. The van der Waals surface area contributed by atoms with Gasteiger partial charge in [-0.1, -0.05) is 24.3 Å². The molecule has 62 valence electrons. The summed E-state index contributed by atoms with van der Waals surface area (Å²) in [4.78, 5) is 0. The van der Waals surface area contributed by atoms with Crippen molar-refractivity contribution in [3.63, 3.8) is 0 Å². The van der Waals surface area contributed by atoms with Crippen LogP contribution in [0.3, 0.4) is 0 Å². The van der Waals surface area contributed by atoms with Crippen LogP contribution in [0.5, 0.6) is 5.75 Å². The molecule has 1 aliphatic heterocycles. The molecule has 1 nitrogen and oxygen atoms in total. The van der Waals surface area contributed by atoms with Crippen molar-refractivity contribution in [3.05, 3.63) is 35.4 Å². The first kappa shape index (κ1) is 7.41. The second kappa shape index (κ2) is 2.67. The van der Waals surface area contributed by atoms with E-state index in [1.807, 2.05) is 6.92 Å². The van der Waals surface area contributed by atoms with Crippen molar-refractivity contribution in [3.8, 4) is 5.75 Å². The highest BCUT2D eigenvalue weighted by atomic mass is 16.5. The van der Waals surface area contributed by atoms with Crippen LogP contribution in [0, 0.1) is 6.92 Å². The molecular formula is C11H12O. The molecular weight excluding hydrogens is 148 g/mol. The van der Waals surface area contributed by atoms with Crippen LogP contribution in [0.25, 0.3) is 6.08 Å². The molecule has 12 heavy (non-hydrogen) atoms. The minimum atomic E-state index is 0.207. The zero-order valence-corrected chi connectivity index (χ0v) is 7.37. The summed E-state index contributed by atoms with van der Waals surface area (Å²) in [6.07, 6.45) is 4.40. The lowest BCUT2D eigenvalue weighted by Crippen LogP contribution is -2.12. The predicted octanol–water partition coefficient (Wildman–Crippen LogP) is 2.79. The molecule has 0 amide bonds. The van der Waals surface area contributed by atoms with Crippen molar-refractivity contribution in [1.82, 2.24) is 0 Å². The topological polar surface area (TPSA) is 9.23 Å². The lowest BCUT2D eigenvalue weighted by molar-refractivity contribution is 0.264. The number of fused-ring (bicyclic) bond motifs is 1. The lowest BCUT2D eigenvalue weighted by atomic mass is 10.1. The maximum atomic E-state index is 5.68. The zero-order valence-electron chi connectivity index (χ0n) is 7.37. The van der Waals surface area contributed by atoms with Crippen molar-refractivity contribution in [2.45, 2.75) is 20.0 Å². The maximum Gasteiger partial charge on any atom is 0.130 e. The average molecular weight is 160 g/mol. The third-order valence-corrected chi connectivity index (χ3v) is 2.09. The third kappa shape index (κ3) is 1.11. The highest BCUT2D eigenvalue weighted by Gasteiger charge is 2.11. The number of rotatable bonds is 0. The number of aryl methyl sites for hydroxylation is 1. The Labute approximate surface area is 72.7 Å². The summed E-state index contributed by atoms with van der Waals surface area (Å²) in [5, 5.41) is 0. The van der Waals surface area contributed by atoms with Gasteiger partial charge in [0.2, 0.25) is 0 Å². The monoisotopic (exact) mass is 160 g/mol. The first-order chi connectivity index (χ1) is 5.77. The van der Waals surface area contributed by atoms with E-state index >= 15 is 0 Å². The van der Waals surface area contributed by atoms with Crippen LogP contribution in [-0.2, 0) is 0 Å². The van der Waals surface area contributed by atoms with Gasteiger partial charge in [-0.25, -0.2) is 0 Å². The van der Waals surface area contributed by atoms with Crippen LogP contribution >= 0.6 is 0 Å². The molecule has 0 radical (unpaired) electrons. The molecule has 0 N–H and O–H groups in total. The second-order valence-corrected chi connectivity index (χ2v) is 3.18. The minimum Gasteiger partial charge on any atom is -0.486 e. The summed E-state index contributed by atoms with van der Waals surface area (Å²) in [6.45, 7) is 4.12. The van der Waals surface area contributed by atoms with Gasteiger partial charge in [-0.2, -0.15) is 0 Å². The van der Waals surface area contributed by atoms with Gasteiger partial charge >= 0.3 is 0 Å². The predicted molar refractivity (Wildman–Crippen MR) is 50.3 cm³/mol. The SMILES string of the molecule is Cc1cccc2c1OC(C)C=C2. The van der Waals surface area contributed by atoms with Gasteiger partial charge in [-0.15, -0.1) is 0 Å². The Bertz CT molecular complexity index is 326. The zero-order chi connectivity index (χ0) is 8.55. The Kier molecular flexibility index (Phi) is 1.65. The number of para-hydroxylation sites is 1. The highest BCUT2D eigenvalue weighted by molar-refractivity contribution is 5.62. The van der Waals surface area contributed by atoms with E-state index in [-0.39, 0.29) is 6.10 Å². The highest BCUT2D eigenvalue weighted by Crippen LogP contribution is 2.28. The molecule has 0 saturated carbocycles. The molecule has 1 aromatic carbocycles. The molecule has 0 aromatic heterocycles. The Hall–Kier alpha value is -1.24. The van der Waals surface area contributed by atoms with Gasteiger partial charge < -0.3 is 4.74 Å². The van der Waals surface area contributed by atoms with E-state index in [0.717, 1.165) is 5.75 Å². The fourth-order valence-corrected chi connectivity index (χ4v) is 1.43. The van der Waals surface area contributed by atoms with E-state index in [2.05, 4.69) is 37.3 Å². The molecule has 1 atom stereocenters. The van der Waals surface area contributed by atoms with Crippen molar-refractivity contribution >= 4 is 6.08 Å². The van der Waals surface area contributed by atoms with Crippen molar-refractivity contribution in [2.75, 3.05) is 0 Å². The van der Waals surface area contributed by atoms with Crippen LogP contribution in [0.1, 0.15) is 18.1 Å². The van der Waals surface area contributed by atoms with E-state index in [0.29, 0.717) is 0 Å². The maximum absolute atomic E-state index is 5.68. The lowest BCUT2D eigenvalue weighted by Gasteiger charge is -2.19. The molecule has 1 aliphatic rings. The quantitative estimate of drug-likeness (QED) is 0.567. The standard InChI is InChI=1S/C11H12O/c1-8-4-3-5-10-7-6-9(2)12-11(8)10/h3-7,9H,1-2H3. The van der Waals surface area contributed by atoms with Crippen LogP contribution in [0.4, 0.5) is 0 Å². The molecule has 2 rings (SSSR count). The first-order valence-corrected chi connectivity index (χ1v) is 4.22. The molecule has 1 unspecified atom stereocenters. The van der Waals surface area contributed by atoms with Crippen LogP contribution in [-0.4, -0.2) is 6.10 Å². The van der Waals surface area contributed by atoms with E-state index < -0.39 is 0 Å². The van der Waals surface area contributed by atoms with Crippen LogP contribution in [0.15, 0.2) is 24.3 Å². The summed E-state index contributed by atoms with van der Waals surface area (Å²) >= 11 is 0. The van der Waals surface area contributed by atoms with Gasteiger partial charge in [0.25, 0.3) is 0 Å². The molecule has 0 saturated heterocycles. The van der Waals surface area contributed by atoms with E-state index in [1.165, 1.54) is 11.1 Å². The Morgan fingerprint density at radius 2 is 2.17 bits per heavy atom. The number of hydrogen-bond acceptors (Lipinski definition) is 1. The summed E-state index contributed by atoms with van der Waals surface area (Å²) in [7, 11) is 0. The molecule has 0 aliphatic carbocycles. The molecule has 1 heterocycles. The number of hydrogen-bond donors (Lipinski definition) is 0. The largest absolute Gasteiger partial charge is 0.486 e. The molecule has 1 heteroatoms. The van der Waals surface area contributed by atoms with Gasteiger partial charge in [0.15, 0.2) is 0 Å². The van der Waals surface area contributed by atoms with Crippen LogP contribution in [0.2, 0.25) is 0 Å². The summed E-state index contributed by atoms with van der Waals surface area (Å²) in [5.41, 5.74) is 2.40. The minimum absolute atomic E-state index is 0.207. The van der Waals surface area contributed by atoms with Crippen molar-refractivity contribution in [1.29, 1.82) is 0 Å². The van der Waals surface area contributed by atoms with Crippen molar-refractivity contribution in [2.24, 2.45) is 0 Å². The molecule has 0 bridgehead atoms. The Balaban J connectivity index is 2.53. The van der Waals surface area contributed by atoms with Crippen LogP contribution < -0.4 is 4.74 Å². The number of benzene rings is 1. The van der Waals surface area contributed by atoms with Gasteiger partial charge in [-0.05, 0) is 25.5 Å². The fraction of sp³-hybridized carbons (Fsp3) is 0.273. The van der Waals surface area contributed by atoms with Gasteiger partial charge in [0, 0.05) is 5.56 Å². The average Bonchev–Trinajstić information content (AvgIpc) is 2.07. The third-order valence-electron chi connectivity index (χ3n) is 2.09. The fourth-order valence-electron chi connectivity index (χ4n) is 1.43. The van der Waals surface area contributed by atoms with E-state index in [4.69, 9.17) is 4.74 Å². The molecule has 0 fully saturated rings. The summed E-state index contributed by atoms with van der Waals surface area (Å²) in [6, 6.07) is 6.20. The summed E-state index contributed by atoms with van der Waals surface area (Å²) in [5.74, 6) is 1.03. The smallest absolute Gasteiger partial charge is 0.130 e. The first-order valence-electron chi connectivity index (χ1n) is 4.22. The van der Waals surface area contributed by atoms with Gasteiger partial charge in [-0.3, -0.25) is 0 Å². The summed E-state index contributed by atoms with van der Waals surface area (Å²) < 4.78 is 5.68. The van der Waals surface area contributed by atoms with E-state index in [1.54, 1.807) is 0 Å². The molecule has 1 aromatic rings. The number of ether oxygens (including phenoxy) is 1. The van der Waals surface area contributed by atoms with Gasteiger partial charge in [0.05, 0.1) is 0 Å². The normalized spacial score (nSPS) is 20.0. The second-order valence-electron chi connectivity index (χ2n) is 3.18.